The number of carbonyl (C=O) groups excluding carboxylic acids is 2. The van der Waals surface area contributed by atoms with E-state index in [4.69, 9.17) is 11.0 Å². The lowest BCUT2D eigenvalue weighted by atomic mass is 10.0. The molecule has 0 spiro atoms. The van der Waals surface area contributed by atoms with Crippen LogP contribution in [0.5, 0.6) is 0 Å². The molecule has 1 saturated heterocycles. The Bertz CT molecular complexity index is 1410. The van der Waals surface area contributed by atoms with Gasteiger partial charge >= 0.3 is 0 Å². The van der Waals surface area contributed by atoms with Gasteiger partial charge in [-0.2, -0.15) is 14.7 Å². The highest BCUT2D eigenvalue weighted by molar-refractivity contribution is 7.90. The third kappa shape index (κ3) is 4.47. The van der Waals surface area contributed by atoms with E-state index >= 15 is 0 Å². The monoisotopic (exact) mass is 541 g/mol. The number of aryl methyl sites for hydroxylation is 1. The molecule has 0 bridgehead atoms. The summed E-state index contributed by atoms with van der Waals surface area (Å²) < 4.78 is 28.7. The average Bonchev–Trinajstić information content (AvgIpc) is 3.49. The smallest absolute Gasteiger partial charge is 0.272 e. The standard InChI is InChI=1S/C25H31N7O5S/c1-30-22-19(21(29-30)23(34)28-11-17-4-2-16(10-26)3-5-17)6-9-31(24(22)35)15-25(7-8-25)38(36,37)32-12-18(14-33)20(27)13-32/h2-5,18,20,33H,6-9,11-15,27H2,1H3,(H,28,34)/t18-,20+/m1/s1. The second kappa shape index (κ2) is 9.77. The maximum absolute atomic E-state index is 13.5. The molecular weight excluding hydrogens is 510 g/mol. The molecule has 2 amide bonds. The molecule has 2 aromatic rings. The Morgan fingerprint density at radius 1 is 1.29 bits per heavy atom. The number of nitrogens with one attached hydrogen (secondary N) is 1. The van der Waals surface area contributed by atoms with Gasteiger partial charge in [-0.3, -0.25) is 14.3 Å². The highest BCUT2D eigenvalue weighted by Crippen LogP contribution is 2.47. The first-order chi connectivity index (χ1) is 18.1. The number of nitriles is 1. The number of aromatic nitrogens is 2. The van der Waals surface area contributed by atoms with Crippen LogP contribution in [-0.4, -0.2) is 87.9 Å². The van der Waals surface area contributed by atoms with Crippen molar-refractivity contribution in [3.05, 3.63) is 52.3 Å². The molecule has 13 heteroatoms. The molecule has 3 aliphatic rings. The molecule has 1 aromatic heterocycles. The van der Waals surface area contributed by atoms with Gasteiger partial charge in [0, 0.05) is 63.9 Å². The van der Waals surface area contributed by atoms with E-state index in [1.807, 2.05) is 6.07 Å². The fraction of sp³-hybridized carbons (Fsp3) is 0.520. The Labute approximate surface area is 221 Å². The van der Waals surface area contributed by atoms with E-state index in [1.165, 1.54) is 8.99 Å². The van der Waals surface area contributed by atoms with Crippen LogP contribution in [0.4, 0.5) is 0 Å². The van der Waals surface area contributed by atoms with E-state index in [2.05, 4.69) is 10.4 Å². The van der Waals surface area contributed by atoms with Gasteiger partial charge < -0.3 is 21.1 Å². The van der Waals surface area contributed by atoms with Crippen LogP contribution in [0.25, 0.3) is 0 Å². The average molecular weight is 542 g/mol. The number of rotatable bonds is 8. The number of nitrogens with two attached hydrogens (primary N) is 1. The van der Waals surface area contributed by atoms with E-state index in [9.17, 15) is 23.1 Å². The lowest BCUT2D eigenvalue weighted by Crippen LogP contribution is -2.50. The van der Waals surface area contributed by atoms with E-state index in [0.29, 0.717) is 30.4 Å². The van der Waals surface area contributed by atoms with Gasteiger partial charge in [0.25, 0.3) is 11.8 Å². The third-order valence-electron chi connectivity index (χ3n) is 7.88. The van der Waals surface area contributed by atoms with Gasteiger partial charge in [-0.15, -0.1) is 0 Å². The van der Waals surface area contributed by atoms with Gasteiger partial charge in [0.15, 0.2) is 5.69 Å². The number of sulfonamides is 1. The summed E-state index contributed by atoms with van der Waals surface area (Å²) in [5.41, 5.74) is 8.40. The maximum Gasteiger partial charge on any atom is 0.272 e. The summed E-state index contributed by atoms with van der Waals surface area (Å²) in [4.78, 5) is 27.9. The summed E-state index contributed by atoms with van der Waals surface area (Å²) in [6.07, 6.45) is 1.29. The van der Waals surface area contributed by atoms with E-state index in [-0.39, 0.29) is 62.5 Å². The first-order valence-corrected chi connectivity index (χ1v) is 14.0. The van der Waals surface area contributed by atoms with Crippen LogP contribution in [-0.2, 0) is 30.0 Å². The minimum absolute atomic E-state index is 0.0640. The fourth-order valence-electron chi connectivity index (χ4n) is 5.37. The molecule has 0 radical (unpaired) electrons. The van der Waals surface area contributed by atoms with Gasteiger partial charge in [-0.1, -0.05) is 12.1 Å². The van der Waals surface area contributed by atoms with Crippen LogP contribution in [0.2, 0.25) is 0 Å². The van der Waals surface area contributed by atoms with Crippen molar-refractivity contribution in [2.24, 2.45) is 18.7 Å². The number of hydrogen-bond acceptors (Lipinski definition) is 8. The summed E-state index contributed by atoms with van der Waals surface area (Å²) in [5.74, 6) is -1.05. The molecule has 2 atom stereocenters. The molecule has 2 aliphatic heterocycles. The maximum atomic E-state index is 13.5. The van der Waals surface area contributed by atoms with Crippen LogP contribution >= 0.6 is 0 Å². The number of benzene rings is 1. The first kappa shape index (κ1) is 26.3. The largest absolute Gasteiger partial charge is 0.396 e. The van der Waals surface area contributed by atoms with Gasteiger partial charge in [-0.05, 0) is 37.0 Å². The minimum atomic E-state index is -3.72. The van der Waals surface area contributed by atoms with Crippen LogP contribution < -0.4 is 11.1 Å². The molecule has 202 valence electrons. The minimum Gasteiger partial charge on any atom is -0.396 e. The van der Waals surface area contributed by atoms with Crippen molar-refractivity contribution in [2.45, 2.75) is 36.6 Å². The zero-order valence-corrected chi connectivity index (χ0v) is 21.9. The zero-order valence-electron chi connectivity index (χ0n) is 21.1. The number of aliphatic hydroxyl groups is 1. The summed E-state index contributed by atoms with van der Waals surface area (Å²) in [5, 5.41) is 25.6. The number of carbonyl (C=O) groups is 2. The molecule has 5 rings (SSSR count). The quantitative estimate of drug-likeness (QED) is 0.394. The first-order valence-electron chi connectivity index (χ1n) is 12.6. The van der Waals surface area contributed by atoms with Crippen molar-refractivity contribution in [3.8, 4) is 6.07 Å². The van der Waals surface area contributed by atoms with E-state index < -0.39 is 26.7 Å². The lowest BCUT2D eigenvalue weighted by Gasteiger charge is -2.32. The summed E-state index contributed by atoms with van der Waals surface area (Å²) in [6, 6.07) is 8.50. The summed E-state index contributed by atoms with van der Waals surface area (Å²) >= 11 is 0. The zero-order chi connectivity index (χ0) is 27.2. The van der Waals surface area contributed by atoms with Crippen molar-refractivity contribution in [3.63, 3.8) is 0 Å². The Hall–Kier alpha value is -3.31. The second-order valence-corrected chi connectivity index (χ2v) is 12.7. The molecule has 12 nitrogen and oxygen atoms in total. The van der Waals surface area contributed by atoms with Crippen LogP contribution in [0.15, 0.2) is 24.3 Å². The summed E-state index contributed by atoms with van der Waals surface area (Å²) in [6.45, 7) is 0.766. The van der Waals surface area contributed by atoms with E-state index in [0.717, 1.165) is 5.56 Å². The predicted octanol–water partition coefficient (Wildman–Crippen LogP) is -0.666. The Morgan fingerprint density at radius 2 is 2.00 bits per heavy atom. The fourth-order valence-corrected chi connectivity index (χ4v) is 7.61. The number of hydrogen-bond donors (Lipinski definition) is 3. The third-order valence-corrected chi connectivity index (χ3v) is 10.5. The van der Waals surface area contributed by atoms with Gasteiger partial charge in [0.05, 0.1) is 11.6 Å². The predicted molar refractivity (Wildman–Crippen MR) is 136 cm³/mol. The number of amides is 2. The Kier molecular flexibility index (Phi) is 6.77. The Balaban J connectivity index is 1.28. The molecule has 38 heavy (non-hydrogen) atoms. The van der Waals surface area contributed by atoms with Crippen LogP contribution in [0, 0.1) is 17.2 Å². The van der Waals surface area contributed by atoms with Gasteiger partial charge in [-0.25, -0.2) is 8.42 Å². The highest BCUT2D eigenvalue weighted by Gasteiger charge is 2.59. The van der Waals surface area contributed by atoms with Gasteiger partial charge in [0.2, 0.25) is 10.0 Å². The van der Waals surface area contributed by atoms with Crippen molar-refractivity contribution in [1.82, 2.24) is 24.3 Å². The summed E-state index contributed by atoms with van der Waals surface area (Å²) in [7, 11) is -2.12. The van der Waals surface area contributed by atoms with Crippen LogP contribution in [0.3, 0.4) is 0 Å². The molecule has 1 aliphatic carbocycles. The molecule has 2 fully saturated rings. The van der Waals surface area contributed by atoms with Crippen molar-refractivity contribution >= 4 is 21.8 Å². The highest BCUT2D eigenvalue weighted by atomic mass is 32.2. The Morgan fingerprint density at radius 3 is 2.61 bits per heavy atom. The van der Waals surface area contributed by atoms with Crippen molar-refractivity contribution in [2.75, 3.05) is 32.8 Å². The van der Waals surface area contributed by atoms with Crippen molar-refractivity contribution in [1.29, 1.82) is 5.26 Å². The normalized spacial score (nSPS) is 22.7. The topological polar surface area (TPSA) is 175 Å². The lowest BCUT2D eigenvalue weighted by molar-refractivity contribution is 0.0723. The van der Waals surface area contributed by atoms with Crippen LogP contribution in [0.1, 0.15) is 50.5 Å². The SMILES string of the molecule is Cn1nc(C(=O)NCc2ccc(C#N)cc2)c2c1C(=O)N(CC1(S(=O)(=O)N3C[C@H](CO)[C@@H](N)C3)CC1)CC2. The molecule has 4 N–H and O–H groups in total. The molecule has 0 unspecified atom stereocenters. The van der Waals surface area contributed by atoms with Gasteiger partial charge in [0.1, 0.15) is 10.4 Å². The number of fused-ring (bicyclic) bond motifs is 1. The molecule has 3 heterocycles. The number of nitrogens with zero attached hydrogens (tertiary/aromatic N) is 5. The molecule has 1 aromatic carbocycles. The second-order valence-electron chi connectivity index (χ2n) is 10.4. The number of aliphatic hydroxyl groups excluding tert-OH is 1. The molecular formula is C25H31N7O5S. The molecule has 1 saturated carbocycles. The van der Waals surface area contributed by atoms with E-state index in [1.54, 1.807) is 36.2 Å². The van der Waals surface area contributed by atoms with Crippen molar-refractivity contribution < 1.29 is 23.1 Å².